The van der Waals surface area contributed by atoms with Gasteiger partial charge in [-0.2, -0.15) is 0 Å². The number of carbonyl (C=O) groups excluding carboxylic acids is 2. The first kappa shape index (κ1) is 15.0. The lowest BCUT2D eigenvalue weighted by Crippen LogP contribution is -2.35. The Kier molecular flexibility index (Phi) is 5.81. The second kappa shape index (κ2) is 7.38. The number of hydrogen-bond donors (Lipinski definition) is 2. The zero-order valence-corrected chi connectivity index (χ0v) is 10.7. The molecule has 19 heavy (non-hydrogen) atoms. The molecular formula is C13H17NO5. The molecule has 0 aliphatic rings. The molecule has 0 aliphatic heterocycles. The van der Waals surface area contributed by atoms with Gasteiger partial charge >= 0.3 is 12.1 Å². The molecule has 1 aromatic rings. The van der Waals surface area contributed by atoms with E-state index in [1.54, 1.807) is 12.1 Å². The van der Waals surface area contributed by atoms with E-state index in [9.17, 15) is 9.59 Å². The van der Waals surface area contributed by atoms with Crippen molar-refractivity contribution < 1.29 is 24.2 Å². The van der Waals surface area contributed by atoms with E-state index >= 15 is 0 Å². The van der Waals surface area contributed by atoms with Crippen LogP contribution in [0.1, 0.15) is 18.9 Å². The number of nitrogens with two attached hydrogens (primary N) is 1. The summed E-state index contributed by atoms with van der Waals surface area (Å²) in [4.78, 5) is 22.6. The van der Waals surface area contributed by atoms with E-state index in [0.29, 0.717) is 6.42 Å². The summed E-state index contributed by atoms with van der Waals surface area (Å²) >= 11 is 0. The van der Waals surface area contributed by atoms with Crippen LogP contribution >= 0.6 is 0 Å². The molecule has 0 amide bonds. The maximum absolute atomic E-state index is 11.5. The van der Waals surface area contributed by atoms with Crippen molar-refractivity contribution >= 4 is 12.1 Å². The van der Waals surface area contributed by atoms with Gasteiger partial charge in [-0.15, -0.1) is 0 Å². The predicted molar refractivity (Wildman–Crippen MR) is 67.5 cm³/mol. The van der Waals surface area contributed by atoms with Crippen molar-refractivity contribution in [1.82, 2.24) is 0 Å². The van der Waals surface area contributed by atoms with Gasteiger partial charge in [-0.1, -0.05) is 19.1 Å². The predicted octanol–water partition coefficient (Wildman–Crippen LogP) is 1.35. The Balaban J connectivity index is 2.44. The average Bonchev–Trinajstić information content (AvgIpc) is 2.39. The lowest BCUT2D eigenvalue weighted by atomic mass is 10.1. The van der Waals surface area contributed by atoms with Crippen molar-refractivity contribution in [3.63, 3.8) is 0 Å². The molecule has 104 valence electrons. The summed E-state index contributed by atoms with van der Waals surface area (Å²) in [5.41, 5.74) is 6.37. The van der Waals surface area contributed by atoms with Crippen LogP contribution in [-0.2, 0) is 20.7 Å². The quantitative estimate of drug-likeness (QED) is 0.617. The maximum atomic E-state index is 11.5. The fraction of sp³-hybridized carbons (Fsp3) is 0.385. The largest absolute Gasteiger partial charge is 0.516 e. The minimum Gasteiger partial charge on any atom is -0.508 e. The fourth-order valence-electron chi connectivity index (χ4n) is 1.34. The molecule has 0 bridgehead atoms. The standard InChI is InChI=1S/C13H17NO5/c1-2-7-18-13(17)19-12(16)11(14)8-9-3-5-10(15)6-4-9/h3-6,11,15H,2,7-8,14H2,1H3/t11-/m0/s1. The Bertz CT molecular complexity index is 429. The highest BCUT2D eigenvalue weighted by atomic mass is 16.7. The van der Waals surface area contributed by atoms with Crippen molar-refractivity contribution in [3.8, 4) is 5.75 Å². The van der Waals surface area contributed by atoms with Crippen molar-refractivity contribution in [1.29, 1.82) is 0 Å². The molecule has 0 saturated carbocycles. The number of hydrogen-bond acceptors (Lipinski definition) is 6. The second-order valence-corrected chi connectivity index (χ2v) is 4.00. The van der Waals surface area contributed by atoms with Gasteiger partial charge in [-0.05, 0) is 30.5 Å². The number of benzene rings is 1. The van der Waals surface area contributed by atoms with E-state index in [2.05, 4.69) is 9.47 Å². The number of carbonyl (C=O) groups is 2. The Labute approximate surface area is 111 Å². The molecule has 0 heterocycles. The monoisotopic (exact) mass is 267 g/mol. The number of rotatable bonds is 5. The van der Waals surface area contributed by atoms with Gasteiger partial charge in [0.25, 0.3) is 0 Å². The van der Waals surface area contributed by atoms with E-state index in [0.717, 1.165) is 5.56 Å². The van der Waals surface area contributed by atoms with E-state index in [1.807, 2.05) is 6.92 Å². The van der Waals surface area contributed by atoms with E-state index in [4.69, 9.17) is 10.8 Å². The minimum absolute atomic E-state index is 0.128. The van der Waals surface area contributed by atoms with Gasteiger partial charge in [0, 0.05) is 0 Å². The van der Waals surface area contributed by atoms with Gasteiger partial charge in [0.15, 0.2) is 0 Å². The molecule has 0 saturated heterocycles. The van der Waals surface area contributed by atoms with Gasteiger partial charge in [-0.25, -0.2) is 9.59 Å². The first-order valence-corrected chi connectivity index (χ1v) is 5.95. The molecule has 0 aromatic heterocycles. The molecule has 1 rings (SSSR count). The summed E-state index contributed by atoms with van der Waals surface area (Å²) < 4.78 is 9.04. The molecule has 3 N–H and O–H groups in total. The third kappa shape index (κ3) is 5.39. The molecule has 0 spiro atoms. The maximum Gasteiger partial charge on any atom is 0.516 e. The molecular weight excluding hydrogens is 250 g/mol. The van der Waals surface area contributed by atoms with E-state index in [-0.39, 0.29) is 18.8 Å². The van der Waals surface area contributed by atoms with Gasteiger partial charge < -0.3 is 20.3 Å². The lowest BCUT2D eigenvalue weighted by molar-refractivity contribution is -0.141. The van der Waals surface area contributed by atoms with Gasteiger partial charge in [0.1, 0.15) is 11.8 Å². The van der Waals surface area contributed by atoms with Gasteiger partial charge in [0.2, 0.25) is 0 Å². The SMILES string of the molecule is CCCOC(=O)OC(=O)[C@@H](N)Cc1ccc(O)cc1. The van der Waals surface area contributed by atoms with Crippen molar-refractivity contribution in [2.24, 2.45) is 5.73 Å². The summed E-state index contributed by atoms with van der Waals surface area (Å²) in [7, 11) is 0. The van der Waals surface area contributed by atoms with Crippen LogP contribution in [0.4, 0.5) is 4.79 Å². The number of aromatic hydroxyl groups is 1. The molecule has 0 fully saturated rings. The molecule has 0 aliphatic carbocycles. The van der Waals surface area contributed by atoms with Crippen LogP contribution in [0.25, 0.3) is 0 Å². The van der Waals surface area contributed by atoms with E-state index in [1.165, 1.54) is 12.1 Å². The van der Waals surface area contributed by atoms with Crippen molar-refractivity contribution in [2.45, 2.75) is 25.8 Å². The molecule has 0 radical (unpaired) electrons. The van der Waals surface area contributed by atoms with Crippen LogP contribution in [0.15, 0.2) is 24.3 Å². The molecule has 6 heteroatoms. The van der Waals surface area contributed by atoms with Crippen LogP contribution in [0.5, 0.6) is 5.75 Å². The Morgan fingerprint density at radius 2 is 1.95 bits per heavy atom. The smallest absolute Gasteiger partial charge is 0.508 e. The fourth-order valence-corrected chi connectivity index (χ4v) is 1.34. The van der Waals surface area contributed by atoms with Crippen molar-refractivity contribution in [2.75, 3.05) is 6.61 Å². The molecule has 0 unspecified atom stereocenters. The van der Waals surface area contributed by atoms with Crippen LogP contribution in [0, 0.1) is 0 Å². The van der Waals surface area contributed by atoms with Gasteiger partial charge in [0.05, 0.1) is 6.61 Å². The number of phenolic OH excluding ortho intramolecular Hbond substituents is 1. The number of phenols is 1. The van der Waals surface area contributed by atoms with E-state index < -0.39 is 18.2 Å². The Morgan fingerprint density at radius 3 is 2.53 bits per heavy atom. The highest BCUT2D eigenvalue weighted by Gasteiger charge is 2.20. The Hall–Kier alpha value is -2.08. The molecule has 1 aromatic carbocycles. The number of esters is 1. The average molecular weight is 267 g/mol. The Morgan fingerprint density at radius 1 is 1.32 bits per heavy atom. The highest BCUT2D eigenvalue weighted by molar-refractivity contribution is 5.85. The highest BCUT2D eigenvalue weighted by Crippen LogP contribution is 2.11. The third-order valence-electron chi connectivity index (χ3n) is 2.30. The minimum atomic E-state index is -1.03. The lowest BCUT2D eigenvalue weighted by Gasteiger charge is -2.10. The van der Waals surface area contributed by atoms with Gasteiger partial charge in [-0.3, -0.25) is 0 Å². The van der Waals surface area contributed by atoms with Crippen LogP contribution < -0.4 is 5.73 Å². The van der Waals surface area contributed by atoms with Crippen molar-refractivity contribution in [3.05, 3.63) is 29.8 Å². The van der Waals surface area contributed by atoms with Crippen LogP contribution in [0.3, 0.4) is 0 Å². The summed E-state index contributed by atoms with van der Waals surface area (Å²) in [6.45, 7) is 2.02. The zero-order valence-electron chi connectivity index (χ0n) is 10.7. The van der Waals surface area contributed by atoms with Crippen LogP contribution in [0.2, 0.25) is 0 Å². The summed E-state index contributed by atoms with van der Waals surface area (Å²) in [5, 5.41) is 9.12. The zero-order chi connectivity index (χ0) is 14.3. The second-order valence-electron chi connectivity index (χ2n) is 4.00. The normalized spacial score (nSPS) is 11.7. The first-order valence-electron chi connectivity index (χ1n) is 5.95. The van der Waals surface area contributed by atoms with Crippen LogP contribution in [-0.4, -0.2) is 29.9 Å². The molecule has 6 nitrogen and oxygen atoms in total. The topological polar surface area (TPSA) is 98.9 Å². The summed E-state index contributed by atoms with van der Waals surface area (Å²) in [6.07, 6.45) is -0.184. The first-order chi connectivity index (χ1) is 9.02. The molecule has 1 atom stereocenters. The third-order valence-corrected chi connectivity index (χ3v) is 2.30. The summed E-state index contributed by atoms with van der Waals surface area (Å²) in [6, 6.07) is 5.29. The number of ether oxygens (including phenoxy) is 2. The summed E-state index contributed by atoms with van der Waals surface area (Å²) in [5.74, 6) is -0.711.